The zero-order valence-electron chi connectivity index (χ0n) is 9.07. The van der Waals surface area contributed by atoms with Gasteiger partial charge in [0.2, 0.25) is 0 Å². The highest BCUT2D eigenvalue weighted by molar-refractivity contribution is 9.11. The van der Waals surface area contributed by atoms with E-state index >= 15 is 0 Å². The van der Waals surface area contributed by atoms with Crippen molar-refractivity contribution < 1.29 is 9.50 Å². The highest BCUT2D eigenvalue weighted by Crippen LogP contribution is 2.31. The fraction of sp³-hybridized carbons (Fsp3) is 0. The quantitative estimate of drug-likeness (QED) is 0.754. The van der Waals surface area contributed by atoms with Gasteiger partial charge in [-0.2, -0.15) is 0 Å². The van der Waals surface area contributed by atoms with E-state index in [0.29, 0.717) is 15.7 Å². The van der Waals surface area contributed by atoms with Crippen LogP contribution in [0.5, 0.6) is 5.75 Å². The minimum atomic E-state index is -0.343. The Labute approximate surface area is 120 Å². The molecule has 2 nitrogen and oxygen atoms in total. The van der Waals surface area contributed by atoms with Gasteiger partial charge in [-0.15, -0.1) is 0 Å². The first-order valence-electron chi connectivity index (χ1n) is 5.04. The number of rotatable bonds is 2. The molecule has 0 radical (unpaired) electrons. The van der Waals surface area contributed by atoms with E-state index in [1.807, 2.05) is 0 Å². The molecule has 0 aliphatic carbocycles. The first-order chi connectivity index (χ1) is 8.56. The third-order valence-corrected chi connectivity index (χ3v) is 3.28. The molecule has 0 spiro atoms. The zero-order valence-corrected chi connectivity index (χ0v) is 12.2. The van der Waals surface area contributed by atoms with Crippen molar-refractivity contribution >= 4 is 43.8 Å². The van der Waals surface area contributed by atoms with Crippen molar-refractivity contribution in [1.82, 2.24) is 0 Å². The van der Waals surface area contributed by atoms with E-state index < -0.39 is 0 Å². The third-order valence-electron chi connectivity index (χ3n) is 2.22. The van der Waals surface area contributed by atoms with Crippen LogP contribution in [0.1, 0.15) is 5.56 Å². The predicted octanol–water partition coefficient (Wildman–Crippen LogP) is 4.81. The lowest BCUT2D eigenvalue weighted by atomic mass is 10.2. The van der Waals surface area contributed by atoms with Crippen LogP contribution in [0, 0.1) is 5.82 Å². The minimum Gasteiger partial charge on any atom is -0.506 e. The van der Waals surface area contributed by atoms with Crippen molar-refractivity contribution in [2.24, 2.45) is 4.99 Å². The number of nitrogens with zero attached hydrogens (tertiary/aromatic N) is 1. The molecule has 5 heteroatoms. The van der Waals surface area contributed by atoms with Gasteiger partial charge >= 0.3 is 0 Å². The maximum Gasteiger partial charge on any atom is 0.138 e. The maximum absolute atomic E-state index is 13.0. The van der Waals surface area contributed by atoms with Gasteiger partial charge in [-0.3, -0.25) is 4.99 Å². The molecule has 0 aliphatic rings. The lowest BCUT2D eigenvalue weighted by Crippen LogP contribution is -1.84. The summed E-state index contributed by atoms with van der Waals surface area (Å²) in [5.74, 6) is -0.248. The number of aromatic hydroxyl groups is 1. The Morgan fingerprint density at radius 2 is 1.94 bits per heavy atom. The second kappa shape index (κ2) is 5.63. The normalized spacial score (nSPS) is 11.1. The van der Waals surface area contributed by atoms with Gasteiger partial charge in [-0.25, -0.2) is 4.39 Å². The number of phenols is 1. The Kier molecular flexibility index (Phi) is 4.14. The van der Waals surface area contributed by atoms with Crippen LogP contribution in [0.3, 0.4) is 0 Å². The lowest BCUT2D eigenvalue weighted by Gasteiger charge is -2.02. The molecule has 0 saturated carbocycles. The van der Waals surface area contributed by atoms with E-state index in [9.17, 15) is 9.50 Å². The highest BCUT2D eigenvalue weighted by Gasteiger charge is 2.05. The molecule has 0 atom stereocenters. The van der Waals surface area contributed by atoms with Crippen molar-refractivity contribution in [3.8, 4) is 5.75 Å². The van der Waals surface area contributed by atoms with Gasteiger partial charge in [-0.1, -0.05) is 22.0 Å². The van der Waals surface area contributed by atoms with Crippen LogP contribution in [-0.2, 0) is 0 Å². The predicted molar refractivity (Wildman–Crippen MR) is 77.2 cm³/mol. The molecule has 2 rings (SSSR count). The second-order valence-corrected chi connectivity index (χ2v) is 5.33. The molecule has 2 aromatic carbocycles. The van der Waals surface area contributed by atoms with Crippen LogP contribution >= 0.6 is 31.9 Å². The number of benzene rings is 2. The number of halogens is 3. The fourth-order valence-electron chi connectivity index (χ4n) is 1.38. The second-order valence-electron chi connectivity index (χ2n) is 3.56. The van der Waals surface area contributed by atoms with Gasteiger partial charge in [-0.05, 0) is 46.3 Å². The van der Waals surface area contributed by atoms with E-state index in [4.69, 9.17) is 0 Å². The number of phenolic OH excluding ortho intramolecular Hbond substituents is 1. The zero-order chi connectivity index (χ0) is 13.1. The van der Waals surface area contributed by atoms with Crippen molar-refractivity contribution in [2.45, 2.75) is 0 Å². The summed E-state index contributed by atoms with van der Waals surface area (Å²) < 4.78 is 14.3. The summed E-state index contributed by atoms with van der Waals surface area (Å²) in [4.78, 5) is 4.11. The van der Waals surface area contributed by atoms with Crippen LogP contribution < -0.4 is 0 Å². The Bertz CT molecular complexity index is 614. The number of hydrogen-bond acceptors (Lipinski definition) is 2. The maximum atomic E-state index is 13.0. The Morgan fingerprint density at radius 1 is 1.17 bits per heavy atom. The molecule has 0 amide bonds. The molecule has 0 fully saturated rings. The standard InChI is InChI=1S/C13H8Br2FNO/c14-9-4-8(13(18)12(15)5-9)7-17-11-3-1-2-10(16)6-11/h1-7,18H. The van der Waals surface area contributed by atoms with Crippen LogP contribution in [0.15, 0.2) is 50.3 Å². The summed E-state index contributed by atoms with van der Waals surface area (Å²) in [7, 11) is 0. The Balaban J connectivity index is 2.34. The van der Waals surface area contributed by atoms with Gasteiger partial charge in [0.25, 0.3) is 0 Å². The first-order valence-corrected chi connectivity index (χ1v) is 6.62. The van der Waals surface area contributed by atoms with E-state index in [-0.39, 0.29) is 11.6 Å². The van der Waals surface area contributed by atoms with Crippen molar-refractivity contribution in [3.63, 3.8) is 0 Å². The van der Waals surface area contributed by atoms with Crippen LogP contribution in [0.4, 0.5) is 10.1 Å². The van der Waals surface area contributed by atoms with E-state index in [1.165, 1.54) is 18.3 Å². The molecule has 2 aromatic rings. The number of aliphatic imine (C=N–C) groups is 1. The molecule has 0 heterocycles. The Morgan fingerprint density at radius 3 is 2.67 bits per heavy atom. The number of hydrogen-bond donors (Lipinski definition) is 1. The van der Waals surface area contributed by atoms with Crippen molar-refractivity contribution in [1.29, 1.82) is 0 Å². The summed E-state index contributed by atoms with van der Waals surface area (Å²) in [6.45, 7) is 0. The van der Waals surface area contributed by atoms with Crippen LogP contribution in [-0.4, -0.2) is 11.3 Å². The molecule has 0 unspecified atom stereocenters. The first kappa shape index (κ1) is 13.2. The summed E-state index contributed by atoms with van der Waals surface area (Å²) >= 11 is 6.56. The van der Waals surface area contributed by atoms with Gasteiger partial charge < -0.3 is 5.11 Å². The molecule has 92 valence electrons. The summed E-state index contributed by atoms with van der Waals surface area (Å²) in [6, 6.07) is 9.40. The summed E-state index contributed by atoms with van der Waals surface area (Å²) in [5.41, 5.74) is 1.03. The van der Waals surface area contributed by atoms with E-state index in [0.717, 1.165) is 4.47 Å². The van der Waals surface area contributed by atoms with Gasteiger partial charge in [0.1, 0.15) is 11.6 Å². The average Bonchev–Trinajstić information content (AvgIpc) is 2.32. The van der Waals surface area contributed by atoms with Crippen molar-refractivity contribution in [3.05, 3.63) is 56.7 Å². The third kappa shape index (κ3) is 3.17. The SMILES string of the molecule is Oc1c(Br)cc(Br)cc1C=Nc1cccc(F)c1. The Hall–Kier alpha value is -1.20. The smallest absolute Gasteiger partial charge is 0.138 e. The molecule has 0 aliphatic heterocycles. The monoisotopic (exact) mass is 371 g/mol. The topological polar surface area (TPSA) is 32.6 Å². The summed E-state index contributed by atoms with van der Waals surface area (Å²) in [5, 5.41) is 9.82. The molecule has 0 saturated heterocycles. The molecule has 18 heavy (non-hydrogen) atoms. The highest BCUT2D eigenvalue weighted by atomic mass is 79.9. The molecule has 1 N–H and O–H groups in total. The average molecular weight is 373 g/mol. The van der Waals surface area contributed by atoms with Gasteiger partial charge in [0.05, 0.1) is 10.2 Å². The van der Waals surface area contributed by atoms with Gasteiger partial charge in [0, 0.05) is 16.3 Å². The van der Waals surface area contributed by atoms with Crippen LogP contribution in [0.25, 0.3) is 0 Å². The van der Waals surface area contributed by atoms with Gasteiger partial charge in [0.15, 0.2) is 0 Å². The molecule has 0 aromatic heterocycles. The van der Waals surface area contributed by atoms with E-state index in [2.05, 4.69) is 36.9 Å². The lowest BCUT2D eigenvalue weighted by molar-refractivity contribution is 0.471. The van der Waals surface area contributed by atoms with Crippen molar-refractivity contribution in [2.75, 3.05) is 0 Å². The summed E-state index contributed by atoms with van der Waals surface area (Å²) in [6.07, 6.45) is 1.49. The fourth-order valence-corrected chi connectivity index (χ4v) is 2.64. The minimum absolute atomic E-state index is 0.0957. The largest absolute Gasteiger partial charge is 0.506 e. The molecular weight excluding hydrogens is 365 g/mol. The molecular formula is C13H8Br2FNO. The molecule has 0 bridgehead atoms. The van der Waals surface area contributed by atoms with E-state index in [1.54, 1.807) is 24.3 Å². The van der Waals surface area contributed by atoms with Crippen LogP contribution in [0.2, 0.25) is 0 Å².